The van der Waals surface area contributed by atoms with E-state index in [0.29, 0.717) is 0 Å². The fourth-order valence-corrected chi connectivity index (χ4v) is 1.79. The average molecular weight is 367 g/mol. The van der Waals surface area contributed by atoms with Crippen LogP contribution >= 0.6 is 0 Å². The first-order chi connectivity index (χ1) is 12.3. The molecule has 140 valence electrons. The predicted octanol–water partition coefficient (Wildman–Crippen LogP) is 0.579. The SMILES string of the molecule is C=CCOC(=O)N[C@@H](CC(=O)O)C(=O)COC(=O)c1c(O)cccc1O. The molecule has 0 aliphatic heterocycles. The van der Waals surface area contributed by atoms with Gasteiger partial charge >= 0.3 is 18.0 Å². The van der Waals surface area contributed by atoms with Gasteiger partial charge in [-0.1, -0.05) is 18.7 Å². The summed E-state index contributed by atoms with van der Waals surface area (Å²) >= 11 is 0. The zero-order valence-corrected chi connectivity index (χ0v) is 13.5. The van der Waals surface area contributed by atoms with Crippen LogP contribution in [0.15, 0.2) is 30.9 Å². The highest BCUT2D eigenvalue weighted by atomic mass is 16.5. The van der Waals surface area contributed by atoms with E-state index in [0.717, 1.165) is 12.1 Å². The van der Waals surface area contributed by atoms with Crippen molar-refractivity contribution in [1.29, 1.82) is 0 Å². The maximum absolute atomic E-state index is 12.0. The lowest BCUT2D eigenvalue weighted by Gasteiger charge is -2.15. The van der Waals surface area contributed by atoms with Crippen LogP contribution in [-0.4, -0.2) is 58.4 Å². The van der Waals surface area contributed by atoms with E-state index in [4.69, 9.17) is 5.11 Å². The summed E-state index contributed by atoms with van der Waals surface area (Å²) < 4.78 is 9.26. The van der Waals surface area contributed by atoms with Gasteiger partial charge in [-0.25, -0.2) is 9.59 Å². The number of alkyl carbamates (subject to hydrolysis) is 1. The van der Waals surface area contributed by atoms with Crippen molar-refractivity contribution in [2.75, 3.05) is 13.2 Å². The molecule has 0 bridgehead atoms. The van der Waals surface area contributed by atoms with Crippen LogP contribution in [0, 0.1) is 0 Å². The lowest BCUT2D eigenvalue weighted by molar-refractivity contribution is -0.139. The van der Waals surface area contributed by atoms with Gasteiger partial charge in [0.1, 0.15) is 29.7 Å². The minimum absolute atomic E-state index is 0.151. The molecule has 10 heteroatoms. The average Bonchev–Trinajstić information content (AvgIpc) is 2.56. The molecule has 10 nitrogen and oxygen atoms in total. The Morgan fingerprint density at radius 3 is 2.31 bits per heavy atom. The van der Waals surface area contributed by atoms with Crippen molar-refractivity contribution in [3.8, 4) is 11.5 Å². The van der Waals surface area contributed by atoms with Gasteiger partial charge in [-0.3, -0.25) is 9.59 Å². The molecule has 1 atom stereocenters. The summed E-state index contributed by atoms with van der Waals surface area (Å²) in [6, 6.07) is 2.04. The normalized spacial score (nSPS) is 11.1. The fourth-order valence-electron chi connectivity index (χ4n) is 1.79. The number of benzene rings is 1. The van der Waals surface area contributed by atoms with E-state index in [9.17, 15) is 29.4 Å². The number of nitrogens with one attached hydrogen (secondary N) is 1. The summed E-state index contributed by atoms with van der Waals surface area (Å²) in [4.78, 5) is 46.2. The number of Topliss-reactive ketones (excluding diaryl/α,β-unsaturated/α-hetero) is 1. The molecule has 0 fully saturated rings. The zero-order valence-electron chi connectivity index (χ0n) is 13.5. The first kappa shape index (κ1) is 20.5. The van der Waals surface area contributed by atoms with Gasteiger partial charge in [-0.2, -0.15) is 0 Å². The minimum Gasteiger partial charge on any atom is -0.507 e. The van der Waals surface area contributed by atoms with Crippen molar-refractivity contribution in [3.63, 3.8) is 0 Å². The molecule has 26 heavy (non-hydrogen) atoms. The van der Waals surface area contributed by atoms with Crippen LogP contribution in [0.5, 0.6) is 11.5 Å². The van der Waals surface area contributed by atoms with Gasteiger partial charge < -0.3 is 30.1 Å². The molecule has 4 N–H and O–H groups in total. The third kappa shape index (κ3) is 6.15. The molecule has 0 saturated carbocycles. The largest absolute Gasteiger partial charge is 0.507 e. The second-order valence-electron chi connectivity index (χ2n) is 4.90. The number of aromatic hydroxyl groups is 2. The van der Waals surface area contributed by atoms with Crippen LogP contribution in [0.25, 0.3) is 0 Å². The Labute approximate surface area is 147 Å². The quantitative estimate of drug-likeness (QED) is 0.361. The molecule has 0 unspecified atom stereocenters. The minimum atomic E-state index is -1.50. The fraction of sp³-hybridized carbons (Fsp3) is 0.250. The van der Waals surface area contributed by atoms with E-state index in [-0.39, 0.29) is 6.61 Å². The van der Waals surface area contributed by atoms with Crippen molar-refractivity contribution in [3.05, 3.63) is 36.4 Å². The molecule has 0 heterocycles. The van der Waals surface area contributed by atoms with Crippen molar-refractivity contribution >= 4 is 23.8 Å². The molecule has 1 rings (SSSR count). The summed E-state index contributed by atoms with van der Waals surface area (Å²) in [5.41, 5.74) is -0.548. The highest BCUT2D eigenvalue weighted by molar-refractivity contribution is 5.98. The number of carboxylic acid groups (broad SMARTS) is 1. The van der Waals surface area contributed by atoms with Gasteiger partial charge in [0, 0.05) is 0 Å². The van der Waals surface area contributed by atoms with E-state index >= 15 is 0 Å². The Bertz CT molecular complexity index is 693. The van der Waals surface area contributed by atoms with Crippen LogP contribution < -0.4 is 5.32 Å². The summed E-state index contributed by atoms with van der Waals surface area (Å²) in [7, 11) is 0. The Morgan fingerprint density at radius 2 is 1.77 bits per heavy atom. The summed E-state index contributed by atoms with van der Waals surface area (Å²) in [6.45, 7) is 2.27. The first-order valence-corrected chi connectivity index (χ1v) is 7.23. The number of ketones is 1. The number of carboxylic acids is 1. The molecule has 0 spiro atoms. The molecule has 0 saturated heterocycles. The van der Waals surface area contributed by atoms with Crippen molar-refractivity contribution in [1.82, 2.24) is 5.32 Å². The molecule has 0 aliphatic carbocycles. The standard InChI is InChI=1S/C16H17NO9/c1-2-6-25-16(24)17-9(7-13(21)22)12(20)8-26-15(23)14-10(18)4-3-5-11(14)19/h2-5,9,18-19H,1,6-8H2,(H,17,24)(H,21,22)/t9-/m0/s1. The van der Waals surface area contributed by atoms with E-state index in [2.05, 4.69) is 16.1 Å². The molecule has 1 amide bonds. The van der Waals surface area contributed by atoms with Crippen LogP contribution in [0.2, 0.25) is 0 Å². The van der Waals surface area contributed by atoms with Crippen LogP contribution in [-0.2, 0) is 19.1 Å². The highest BCUT2D eigenvalue weighted by Gasteiger charge is 2.26. The summed E-state index contributed by atoms with van der Waals surface area (Å²) in [5.74, 6) is -4.62. The molecule has 0 aliphatic rings. The number of hydrogen-bond acceptors (Lipinski definition) is 8. The molecule has 0 radical (unpaired) electrons. The second kappa shape index (κ2) is 9.67. The number of carbonyl (C=O) groups is 4. The van der Waals surface area contributed by atoms with E-state index in [1.807, 2.05) is 5.32 Å². The first-order valence-electron chi connectivity index (χ1n) is 7.23. The topological polar surface area (TPSA) is 159 Å². The van der Waals surface area contributed by atoms with Crippen molar-refractivity contribution in [2.24, 2.45) is 0 Å². The lowest BCUT2D eigenvalue weighted by atomic mass is 10.1. The number of ether oxygens (including phenoxy) is 2. The summed E-state index contributed by atoms with van der Waals surface area (Å²) in [5, 5.41) is 30.0. The number of phenols is 2. The second-order valence-corrected chi connectivity index (χ2v) is 4.90. The predicted molar refractivity (Wildman–Crippen MR) is 85.8 cm³/mol. The number of aliphatic carboxylic acids is 1. The monoisotopic (exact) mass is 367 g/mol. The van der Waals surface area contributed by atoms with Gasteiger partial charge in [0.15, 0.2) is 12.4 Å². The number of hydrogen-bond donors (Lipinski definition) is 4. The van der Waals surface area contributed by atoms with Gasteiger partial charge in [0.2, 0.25) is 0 Å². The Morgan fingerprint density at radius 1 is 1.15 bits per heavy atom. The Balaban J connectivity index is 2.73. The number of rotatable bonds is 9. The molecule has 1 aromatic rings. The van der Waals surface area contributed by atoms with E-state index < -0.39 is 59.9 Å². The van der Waals surface area contributed by atoms with Gasteiger partial charge in [-0.05, 0) is 12.1 Å². The maximum atomic E-state index is 12.0. The number of phenolic OH excluding ortho intramolecular Hbond substituents is 2. The smallest absolute Gasteiger partial charge is 0.408 e. The summed E-state index contributed by atoms with van der Waals surface area (Å²) in [6.07, 6.45) is -0.538. The Kier molecular flexibility index (Phi) is 7.62. The molecule has 0 aromatic heterocycles. The lowest BCUT2D eigenvalue weighted by Crippen LogP contribution is -2.44. The molecule has 1 aromatic carbocycles. The van der Waals surface area contributed by atoms with Gasteiger partial charge in [0.25, 0.3) is 0 Å². The van der Waals surface area contributed by atoms with E-state index in [1.165, 1.54) is 12.1 Å². The maximum Gasteiger partial charge on any atom is 0.408 e. The van der Waals surface area contributed by atoms with E-state index in [1.54, 1.807) is 0 Å². The highest BCUT2D eigenvalue weighted by Crippen LogP contribution is 2.26. The Hall–Kier alpha value is -3.56. The van der Waals surface area contributed by atoms with Crippen molar-refractivity contribution < 1.29 is 44.0 Å². The van der Waals surface area contributed by atoms with Gasteiger partial charge in [0.05, 0.1) is 6.42 Å². The number of amides is 1. The van der Waals surface area contributed by atoms with Crippen LogP contribution in [0.4, 0.5) is 4.79 Å². The molecular weight excluding hydrogens is 350 g/mol. The number of carbonyl (C=O) groups excluding carboxylic acids is 3. The molecular formula is C16H17NO9. The van der Waals surface area contributed by atoms with Crippen LogP contribution in [0.1, 0.15) is 16.8 Å². The zero-order chi connectivity index (χ0) is 19.7. The van der Waals surface area contributed by atoms with Gasteiger partial charge in [-0.15, -0.1) is 0 Å². The third-order valence-electron chi connectivity index (χ3n) is 2.96. The van der Waals surface area contributed by atoms with Crippen molar-refractivity contribution in [2.45, 2.75) is 12.5 Å². The number of esters is 1. The van der Waals surface area contributed by atoms with Crippen LogP contribution in [0.3, 0.4) is 0 Å². The third-order valence-corrected chi connectivity index (χ3v) is 2.96.